The average Bonchev–Trinajstić information content (AvgIpc) is 3.14. The Kier molecular flexibility index (Phi) is 8.96. The van der Waals surface area contributed by atoms with Gasteiger partial charge >= 0.3 is 12.1 Å². The molecule has 2 fully saturated rings. The zero-order valence-electron chi connectivity index (χ0n) is 18.4. The fraction of sp³-hybridized carbons (Fsp3) is 0.818. The molecule has 1 heterocycles. The van der Waals surface area contributed by atoms with Crippen LogP contribution in [0.2, 0.25) is 0 Å². The molecular formula is C22H37NO6. The van der Waals surface area contributed by atoms with Gasteiger partial charge in [-0.05, 0) is 66.2 Å². The van der Waals surface area contributed by atoms with Crippen molar-refractivity contribution in [2.75, 3.05) is 19.8 Å². The van der Waals surface area contributed by atoms with Gasteiger partial charge in [-0.1, -0.05) is 6.08 Å². The number of likely N-dealkylation sites (tertiary alicyclic amines) is 1. The van der Waals surface area contributed by atoms with Crippen molar-refractivity contribution in [3.63, 3.8) is 0 Å². The molecule has 7 nitrogen and oxygen atoms in total. The van der Waals surface area contributed by atoms with Crippen LogP contribution in [0.15, 0.2) is 12.7 Å². The van der Waals surface area contributed by atoms with Gasteiger partial charge in [0.25, 0.3) is 0 Å². The molecule has 0 bridgehead atoms. The zero-order chi connectivity index (χ0) is 21.4. The fourth-order valence-electron chi connectivity index (χ4n) is 3.91. The van der Waals surface area contributed by atoms with Crippen LogP contribution in [-0.2, 0) is 23.7 Å². The van der Waals surface area contributed by atoms with Gasteiger partial charge in [0.15, 0.2) is 6.29 Å². The molecule has 0 radical (unpaired) electrons. The first-order valence-corrected chi connectivity index (χ1v) is 10.8. The van der Waals surface area contributed by atoms with Gasteiger partial charge in [-0.15, -0.1) is 6.58 Å². The van der Waals surface area contributed by atoms with Gasteiger partial charge < -0.3 is 23.8 Å². The number of rotatable bonds is 8. The molecule has 2 aliphatic rings. The molecule has 0 N–H and O–H groups in total. The van der Waals surface area contributed by atoms with E-state index in [9.17, 15) is 9.59 Å². The molecule has 29 heavy (non-hydrogen) atoms. The summed E-state index contributed by atoms with van der Waals surface area (Å²) in [5.74, 6) is -0.163. The fourth-order valence-corrected chi connectivity index (χ4v) is 3.91. The Morgan fingerprint density at radius 2 is 1.86 bits per heavy atom. The van der Waals surface area contributed by atoms with Gasteiger partial charge in [-0.25, -0.2) is 4.79 Å². The zero-order valence-corrected chi connectivity index (χ0v) is 18.4. The number of esters is 1. The minimum Gasteiger partial charge on any atom is -0.466 e. The van der Waals surface area contributed by atoms with Crippen LogP contribution in [-0.4, -0.2) is 60.8 Å². The van der Waals surface area contributed by atoms with Crippen LogP contribution in [0.1, 0.15) is 66.2 Å². The molecule has 2 atom stereocenters. The van der Waals surface area contributed by atoms with Crippen molar-refractivity contribution in [3.05, 3.63) is 12.7 Å². The first kappa shape index (κ1) is 23.7. The summed E-state index contributed by atoms with van der Waals surface area (Å²) in [6, 6.07) is -0.187. The second-order valence-electron chi connectivity index (χ2n) is 8.74. The third-order valence-electron chi connectivity index (χ3n) is 5.24. The van der Waals surface area contributed by atoms with E-state index in [1.165, 1.54) is 0 Å². The van der Waals surface area contributed by atoms with E-state index in [2.05, 4.69) is 6.58 Å². The van der Waals surface area contributed by atoms with Crippen LogP contribution >= 0.6 is 0 Å². The number of hydrogen-bond acceptors (Lipinski definition) is 6. The van der Waals surface area contributed by atoms with Crippen molar-refractivity contribution >= 4 is 12.1 Å². The normalized spacial score (nSPS) is 26.1. The predicted molar refractivity (Wildman–Crippen MR) is 109 cm³/mol. The maximum Gasteiger partial charge on any atom is 0.410 e. The quantitative estimate of drug-likeness (QED) is 0.341. The molecule has 166 valence electrons. The minimum atomic E-state index is -0.548. The lowest BCUT2D eigenvalue weighted by molar-refractivity contribution is -0.198. The summed E-state index contributed by atoms with van der Waals surface area (Å²) in [5, 5.41) is 0. The highest BCUT2D eigenvalue weighted by molar-refractivity contribution is 5.72. The lowest BCUT2D eigenvalue weighted by Gasteiger charge is -2.36. The first-order valence-electron chi connectivity index (χ1n) is 10.8. The van der Waals surface area contributed by atoms with Crippen LogP contribution in [0.4, 0.5) is 4.79 Å². The van der Waals surface area contributed by atoms with Crippen molar-refractivity contribution < 1.29 is 28.5 Å². The van der Waals surface area contributed by atoms with E-state index in [-0.39, 0.29) is 30.1 Å². The van der Waals surface area contributed by atoms with E-state index in [0.717, 1.165) is 38.5 Å². The number of amides is 1. The average molecular weight is 412 g/mol. The molecule has 1 saturated heterocycles. The van der Waals surface area contributed by atoms with E-state index >= 15 is 0 Å². The molecule has 1 aliphatic carbocycles. The van der Waals surface area contributed by atoms with Crippen LogP contribution in [0, 0.1) is 5.92 Å². The Morgan fingerprint density at radius 3 is 2.45 bits per heavy atom. The van der Waals surface area contributed by atoms with Crippen molar-refractivity contribution in [1.82, 2.24) is 4.90 Å². The second-order valence-corrected chi connectivity index (χ2v) is 8.74. The number of carbonyl (C=O) groups is 2. The predicted octanol–water partition coefficient (Wildman–Crippen LogP) is 4.05. The van der Waals surface area contributed by atoms with Crippen molar-refractivity contribution in [3.8, 4) is 0 Å². The first-order chi connectivity index (χ1) is 13.7. The monoisotopic (exact) mass is 411 g/mol. The number of nitrogens with zero attached hydrogens (tertiary/aromatic N) is 1. The highest BCUT2D eigenvalue weighted by Gasteiger charge is 2.40. The lowest BCUT2D eigenvalue weighted by Crippen LogP contribution is -2.48. The van der Waals surface area contributed by atoms with E-state index in [4.69, 9.17) is 18.9 Å². The standard InChI is InChI=1S/C22H37NO6/c1-6-15-27-20(18-9-8-14-23(18)21(25)29-22(3,4)5)28-17-12-10-16(11-13-17)19(24)26-7-2/h6,16-18,20H,1,7-15H2,2-5H3/t16?,17?,18-,20?/m0/s1. The van der Waals surface area contributed by atoms with Crippen molar-refractivity contribution in [1.29, 1.82) is 0 Å². The molecule has 0 aromatic carbocycles. The van der Waals surface area contributed by atoms with E-state index < -0.39 is 11.9 Å². The third-order valence-corrected chi connectivity index (χ3v) is 5.24. The summed E-state index contributed by atoms with van der Waals surface area (Å²) in [4.78, 5) is 26.3. The Balaban J connectivity index is 1.97. The van der Waals surface area contributed by atoms with Gasteiger partial charge in [0.2, 0.25) is 0 Å². The van der Waals surface area contributed by atoms with Gasteiger partial charge in [-0.3, -0.25) is 4.79 Å². The molecule has 0 aromatic heterocycles. The van der Waals surface area contributed by atoms with Crippen LogP contribution in [0.3, 0.4) is 0 Å². The Morgan fingerprint density at radius 1 is 1.17 bits per heavy atom. The molecule has 1 unspecified atom stereocenters. The number of hydrogen-bond donors (Lipinski definition) is 0. The number of carbonyl (C=O) groups excluding carboxylic acids is 2. The molecule has 1 saturated carbocycles. The van der Waals surface area contributed by atoms with Gasteiger partial charge in [0.05, 0.1) is 31.3 Å². The molecule has 0 spiro atoms. The topological polar surface area (TPSA) is 74.3 Å². The van der Waals surface area contributed by atoms with Gasteiger partial charge in [-0.2, -0.15) is 0 Å². The van der Waals surface area contributed by atoms with E-state index in [1.54, 1.807) is 11.0 Å². The largest absolute Gasteiger partial charge is 0.466 e. The summed E-state index contributed by atoms with van der Waals surface area (Å²) >= 11 is 0. The highest BCUT2D eigenvalue weighted by atomic mass is 16.7. The van der Waals surface area contributed by atoms with Crippen LogP contribution in [0.25, 0.3) is 0 Å². The smallest absolute Gasteiger partial charge is 0.410 e. The maximum absolute atomic E-state index is 12.6. The van der Waals surface area contributed by atoms with E-state index in [0.29, 0.717) is 19.8 Å². The minimum absolute atomic E-state index is 0.00317. The molecule has 2 rings (SSSR count). The Labute approximate surface area is 174 Å². The van der Waals surface area contributed by atoms with Crippen LogP contribution < -0.4 is 0 Å². The van der Waals surface area contributed by atoms with Gasteiger partial charge in [0.1, 0.15) is 5.60 Å². The van der Waals surface area contributed by atoms with Crippen molar-refractivity contribution in [2.24, 2.45) is 5.92 Å². The molecular weight excluding hydrogens is 374 g/mol. The third kappa shape index (κ3) is 7.30. The van der Waals surface area contributed by atoms with E-state index in [1.807, 2.05) is 27.7 Å². The van der Waals surface area contributed by atoms with Crippen molar-refractivity contribution in [2.45, 2.75) is 90.3 Å². The van der Waals surface area contributed by atoms with Crippen LogP contribution in [0.5, 0.6) is 0 Å². The molecule has 7 heteroatoms. The number of ether oxygens (including phenoxy) is 4. The molecule has 1 amide bonds. The maximum atomic E-state index is 12.6. The van der Waals surface area contributed by atoms with Gasteiger partial charge in [0, 0.05) is 6.54 Å². The summed E-state index contributed by atoms with van der Waals surface area (Å²) in [5.41, 5.74) is -0.548. The molecule has 1 aliphatic heterocycles. The summed E-state index contributed by atoms with van der Waals surface area (Å²) in [6.07, 6.45) is 5.55. The summed E-state index contributed by atoms with van der Waals surface area (Å²) in [7, 11) is 0. The summed E-state index contributed by atoms with van der Waals surface area (Å²) < 4.78 is 22.9. The Hall–Kier alpha value is -1.60. The second kappa shape index (κ2) is 11.0. The summed E-state index contributed by atoms with van der Waals surface area (Å²) in [6.45, 7) is 12.5. The Bertz CT molecular complexity index is 550. The molecule has 0 aromatic rings. The SMILES string of the molecule is C=CCOC(OC1CCC(C(=O)OCC)CC1)[C@@H]1CCCN1C(=O)OC(C)(C)C. The lowest BCUT2D eigenvalue weighted by atomic mass is 9.87. The highest BCUT2D eigenvalue weighted by Crippen LogP contribution is 2.31.